The third-order valence-electron chi connectivity index (χ3n) is 9.61. The van der Waals surface area contributed by atoms with Crippen molar-refractivity contribution in [1.82, 2.24) is 5.06 Å². The van der Waals surface area contributed by atoms with Gasteiger partial charge in [0.1, 0.15) is 11.5 Å². The molecule has 1 saturated heterocycles. The molecule has 6 heteroatoms. The van der Waals surface area contributed by atoms with E-state index in [0.717, 1.165) is 72.9 Å². The first kappa shape index (κ1) is 35.6. The SMILES string of the molecule is CCCCCCCCOc1ccc(N=Nc2ccc([C@]3(C)CC[C@@](C)(c4ccc(OCCCCCCCC)cc4)N3[O])cc2)cc1. The number of hydroxylamine groups is 2. The van der Waals surface area contributed by atoms with Crippen molar-refractivity contribution in [2.45, 2.75) is 129 Å². The first-order valence-electron chi connectivity index (χ1n) is 17.8. The van der Waals surface area contributed by atoms with E-state index in [9.17, 15) is 5.21 Å². The standard InChI is InChI=1S/C40H56N3O3/c1-5-7-9-11-13-15-31-45-37-25-19-34(20-26-37)40(4)30-29-39(3,43(40)44)33-17-21-35(22-18-33)41-42-36-23-27-38(28-24-36)46-32-16-14-12-10-8-6-2/h17-28H,5-16,29-32H2,1-4H3/t39-,40-/m0/s1. The van der Waals surface area contributed by atoms with Crippen molar-refractivity contribution in [3.05, 3.63) is 83.9 Å². The summed E-state index contributed by atoms with van der Waals surface area (Å²) >= 11 is 0. The zero-order valence-electron chi connectivity index (χ0n) is 28.8. The highest BCUT2D eigenvalue weighted by atomic mass is 16.5. The molecule has 0 aromatic heterocycles. The van der Waals surface area contributed by atoms with Gasteiger partial charge in [0, 0.05) is 0 Å². The van der Waals surface area contributed by atoms with Crippen molar-refractivity contribution < 1.29 is 14.7 Å². The summed E-state index contributed by atoms with van der Waals surface area (Å²) in [5, 5.41) is 24.1. The summed E-state index contributed by atoms with van der Waals surface area (Å²) < 4.78 is 11.9. The number of unbranched alkanes of at least 4 members (excludes halogenated alkanes) is 10. The van der Waals surface area contributed by atoms with Crippen LogP contribution in [-0.2, 0) is 16.3 Å². The number of nitrogens with zero attached hydrogens (tertiary/aromatic N) is 3. The predicted octanol–water partition coefficient (Wildman–Crippen LogP) is 12.2. The zero-order valence-corrected chi connectivity index (χ0v) is 28.8. The molecule has 0 saturated carbocycles. The summed E-state index contributed by atoms with van der Waals surface area (Å²) in [5.41, 5.74) is 2.33. The molecule has 249 valence electrons. The molecule has 3 aromatic rings. The van der Waals surface area contributed by atoms with Crippen LogP contribution in [0.3, 0.4) is 0 Å². The molecule has 4 rings (SSSR count). The second-order valence-corrected chi connectivity index (χ2v) is 13.3. The van der Waals surface area contributed by atoms with Gasteiger partial charge >= 0.3 is 0 Å². The first-order chi connectivity index (χ1) is 22.4. The summed E-state index contributed by atoms with van der Waals surface area (Å²) in [6, 6.07) is 23.8. The Kier molecular flexibility index (Phi) is 14.1. The lowest BCUT2D eigenvalue weighted by Gasteiger charge is -2.37. The summed E-state index contributed by atoms with van der Waals surface area (Å²) in [5.74, 6) is 1.74. The van der Waals surface area contributed by atoms with Crippen LogP contribution in [0.25, 0.3) is 0 Å². The van der Waals surface area contributed by atoms with Crippen LogP contribution >= 0.6 is 0 Å². The quantitative estimate of drug-likeness (QED) is 0.0925. The number of azo groups is 1. The first-order valence-corrected chi connectivity index (χ1v) is 17.8. The molecule has 0 aliphatic carbocycles. The van der Waals surface area contributed by atoms with Crippen LogP contribution in [0, 0.1) is 0 Å². The number of hydrogen-bond acceptors (Lipinski definition) is 5. The maximum Gasteiger partial charge on any atom is 0.119 e. The van der Waals surface area contributed by atoms with Gasteiger partial charge in [-0.05, 0) is 99.2 Å². The van der Waals surface area contributed by atoms with Crippen molar-refractivity contribution in [2.24, 2.45) is 10.2 Å². The van der Waals surface area contributed by atoms with E-state index >= 15 is 0 Å². The number of benzene rings is 3. The highest BCUT2D eigenvalue weighted by Crippen LogP contribution is 2.51. The third kappa shape index (κ3) is 9.89. The van der Waals surface area contributed by atoms with E-state index in [0.29, 0.717) is 0 Å². The average Bonchev–Trinajstić information content (AvgIpc) is 3.33. The Balaban J connectivity index is 1.26. The van der Waals surface area contributed by atoms with E-state index in [1.807, 2.05) is 60.7 Å². The molecule has 1 heterocycles. The van der Waals surface area contributed by atoms with Crippen molar-refractivity contribution in [3.63, 3.8) is 0 Å². The highest BCUT2D eigenvalue weighted by molar-refractivity contribution is 5.44. The smallest absolute Gasteiger partial charge is 0.119 e. The predicted molar refractivity (Wildman–Crippen MR) is 188 cm³/mol. The minimum Gasteiger partial charge on any atom is -0.494 e. The van der Waals surface area contributed by atoms with Gasteiger partial charge in [0.05, 0.1) is 35.7 Å². The number of hydrogen-bond donors (Lipinski definition) is 0. The number of ether oxygens (including phenoxy) is 2. The topological polar surface area (TPSA) is 66.3 Å². The molecule has 2 atom stereocenters. The monoisotopic (exact) mass is 626 g/mol. The maximum atomic E-state index is 13.9. The molecular formula is C40H56N3O3. The van der Waals surface area contributed by atoms with Crippen molar-refractivity contribution in [2.75, 3.05) is 13.2 Å². The molecule has 6 nitrogen and oxygen atoms in total. The molecule has 1 aliphatic rings. The fourth-order valence-corrected chi connectivity index (χ4v) is 6.42. The normalized spacial score (nSPS) is 20.0. The third-order valence-corrected chi connectivity index (χ3v) is 9.61. The van der Waals surface area contributed by atoms with Crippen molar-refractivity contribution in [1.29, 1.82) is 0 Å². The summed E-state index contributed by atoms with van der Waals surface area (Å²) in [4.78, 5) is 0. The van der Waals surface area contributed by atoms with Crippen LogP contribution in [0.2, 0.25) is 0 Å². The van der Waals surface area contributed by atoms with Crippen LogP contribution in [0.15, 0.2) is 83.0 Å². The van der Waals surface area contributed by atoms with Gasteiger partial charge in [-0.15, -0.1) is 10.3 Å². The lowest BCUT2D eigenvalue weighted by Crippen LogP contribution is -2.44. The second kappa shape index (κ2) is 18.2. The Bertz CT molecular complexity index is 1310. The molecule has 0 N–H and O–H groups in total. The molecular weight excluding hydrogens is 570 g/mol. The van der Waals surface area contributed by atoms with Crippen LogP contribution < -0.4 is 9.47 Å². The number of rotatable bonds is 20. The van der Waals surface area contributed by atoms with Gasteiger partial charge in [-0.25, -0.2) is 0 Å². The van der Waals surface area contributed by atoms with Crippen LogP contribution in [0.4, 0.5) is 11.4 Å². The Labute approximate surface area is 278 Å². The van der Waals surface area contributed by atoms with Gasteiger partial charge in [-0.3, -0.25) is 0 Å². The maximum absolute atomic E-state index is 13.9. The van der Waals surface area contributed by atoms with E-state index in [1.165, 1.54) is 69.3 Å². The van der Waals surface area contributed by atoms with Gasteiger partial charge in [-0.2, -0.15) is 10.2 Å². The fourth-order valence-electron chi connectivity index (χ4n) is 6.42. The molecule has 46 heavy (non-hydrogen) atoms. The van der Waals surface area contributed by atoms with Gasteiger partial charge < -0.3 is 9.47 Å². The Morgan fingerprint density at radius 1 is 0.543 bits per heavy atom. The molecule has 0 bridgehead atoms. The van der Waals surface area contributed by atoms with E-state index < -0.39 is 11.1 Å². The van der Waals surface area contributed by atoms with Crippen LogP contribution in [0.5, 0.6) is 11.5 Å². The molecule has 1 radical (unpaired) electrons. The van der Waals surface area contributed by atoms with Crippen molar-refractivity contribution in [3.8, 4) is 11.5 Å². The van der Waals surface area contributed by atoms with Crippen molar-refractivity contribution >= 4 is 11.4 Å². The molecule has 0 spiro atoms. The fraction of sp³-hybridized carbons (Fsp3) is 0.550. The summed E-state index contributed by atoms with van der Waals surface area (Å²) in [6.45, 7) is 10.1. The lowest BCUT2D eigenvalue weighted by atomic mass is 9.89. The molecule has 3 aromatic carbocycles. The Morgan fingerprint density at radius 3 is 1.33 bits per heavy atom. The van der Waals surface area contributed by atoms with Crippen LogP contribution in [-0.4, -0.2) is 18.3 Å². The van der Waals surface area contributed by atoms with Gasteiger partial charge in [-0.1, -0.05) is 102 Å². The van der Waals surface area contributed by atoms with E-state index in [1.54, 1.807) is 0 Å². The molecule has 0 amide bonds. The minimum absolute atomic E-state index is 0.602. The average molecular weight is 627 g/mol. The van der Waals surface area contributed by atoms with Gasteiger partial charge in [0.15, 0.2) is 0 Å². The van der Waals surface area contributed by atoms with E-state index in [2.05, 4.69) is 50.1 Å². The Morgan fingerprint density at radius 2 is 0.891 bits per heavy atom. The largest absolute Gasteiger partial charge is 0.494 e. The van der Waals surface area contributed by atoms with E-state index in [4.69, 9.17) is 9.47 Å². The van der Waals surface area contributed by atoms with Crippen LogP contribution in [0.1, 0.15) is 129 Å². The Hall–Kier alpha value is -3.22. The molecule has 1 fully saturated rings. The highest BCUT2D eigenvalue weighted by Gasteiger charge is 2.52. The molecule has 1 aliphatic heterocycles. The summed E-state index contributed by atoms with van der Waals surface area (Å²) in [6.07, 6.45) is 16.6. The summed E-state index contributed by atoms with van der Waals surface area (Å²) in [7, 11) is 0. The van der Waals surface area contributed by atoms with Gasteiger partial charge in [0.25, 0.3) is 0 Å². The van der Waals surface area contributed by atoms with E-state index in [-0.39, 0.29) is 0 Å². The minimum atomic E-state index is -0.622. The lowest BCUT2D eigenvalue weighted by molar-refractivity contribution is -0.260. The zero-order chi connectivity index (χ0) is 32.7. The molecule has 0 unspecified atom stereocenters. The van der Waals surface area contributed by atoms with Gasteiger partial charge in [0.2, 0.25) is 0 Å². The second-order valence-electron chi connectivity index (χ2n) is 13.3.